The predicted molar refractivity (Wildman–Crippen MR) is 104 cm³/mol. The van der Waals surface area contributed by atoms with Crippen LogP contribution in [0.3, 0.4) is 0 Å². The number of methoxy groups -OCH3 is 1. The fourth-order valence-corrected chi connectivity index (χ4v) is 4.30. The largest absolute Gasteiger partial charge is 0.491 e. The summed E-state index contributed by atoms with van der Waals surface area (Å²) < 4.78 is 15.6. The van der Waals surface area contributed by atoms with Crippen molar-refractivity contribution in [3.63, 3.8) is 0 Å². The second-order valence-corrected chi connectivity index (χ2v) is 7.21. The van der Waals surface area contributed by atoms with Gasteiger partial charge in [-0.05, 0) is 56.0 Å². The number of thiophene rings is 1. The fraction of sp³-hybridized carbons (Fsp3) is 0.400. The first kappa shape index (κ1) is 19.4. The third kappa shape index (κ3) is 4.48. The molecule has 0 aliphatic heterocycles. The van der Waals surface area contributed by atoms with Crippen LogP contribution in [0.1, 0.15) is 44.5 Å². The minimum atomic E-state index is -0.367. The SMILES string of the molecule is CCOC(=O)c1c(NC(=O)c2ccc(OCCOC)cc2)sc2c1CCC2. The van der Waals surface area contributed by atoms with Gasteiger partial charge in [0.25, 0.3) is 5.91 Å². The number of hydrogen-bond acceptors (Lipinski definition) is 6. The lowest BCUT2D eigenvalue weighted by molar-refractivity contribution is 0.0527. The number of aryl methyl sites for hydroxylation is 1. The second kappa shape index (κ2) is 9.01. The maximum Gasteiger partial charge on any atom is 0.341 e. The van der Waals surface area contributed by atoms with Gasteiger partial charge in [0.1, 0.15) is 17.4 Å². The van der Waals surface area contributed by atoms with Gasteiger partial charge in [-0.25, -0.2) is 4.79 Å². The standard InChI is InChI=1S/C20H23NO5S/c1-3-25-20(23)17-15-5-4-6-16(15)27-19(17)21-18(22)13-7-9-14(10-8-13)26-12-11-24-2/h7-10H,3-6,11-12H2,1-2H3,(H,21,22). The van der Waals surface area contributed by atoms with Crippen LogP contribution in [0.25, 0.3) is 0 Å². The lowest BCUT2D eigenvalue weighted by Gasteiger charge is -2.09. The summed E-state index contributed by atoms with van der Waals surface area (Å²) in [6.45, 7) is 3.04. The topological polar surface area (TPSA) is 73.9 Å². The van der Waals surface area contributed by atoms with Gasteiger partial charge < -0.3 is 19.5 Å². The van der Waals surface area contributed by atoms with Crippen molar-refractivity contribution in [1.82, 2.24) is 0 Å². The lowest BCUT2D eigenvalue weighted by atomic mass is 10.1. The van der Waals surface area contributed by atoms with Gasteiger partial charge in [0, 0.05) is 17.6 Å². The zero-order valence-corrected chi connectivity index (χ0v) is 16.3. The van der Waals surface area contributed by atoms with E-state index in [-0.39, 0.29) is 11.9 Å². The number of rotatable bonds is 8. The van der Waals surface area contributed by atoms with E-state index in [4.69, 9.17) is 14.2 Å². The molecule has 2 aromatic rings. The van der Waals surface area contributed by atoms with Crippen LogP contribution < -0.4 is 10.1 Å². The molecular formula is C20H23NO5S. The number of anilines is 1. The van der Waals surface area contributed by atoms with Crippen molar-refractivity contribution in [2.75, 3.05) is 32.2 Å². The Bertz CT molecular complexity index is 813. The van der Waals surface area contributed by atoms with Crippen molar-refractivity contribution in [2.45, 2.75) is 26.2 Å². The normalized spacial score (nSPS) is 12.5. The molecular weight excluding hydrogens is 366 g/mol. The Hall–Kier alpha value is -2.38. The highest BCUT2D eigenvalue weighted by atomic mass is 32.1. The number of fused-ring (bicyclic) bond motifs is 1. The van der Waals surface area contributed by atoms with Crippen LogP contribution >= 0.6 is 11.3 Å². The van der Waals surface area contributed by atoms with E-state index >= 15 is 0 Å². The molecule has 1 heterocycles. The monoisotopic (exact) mass is 389 g/mol. The summed E-state index contributed by atoms with van der Waals surface area (Å²) in [5.41, 5.74) is 2.04. The summed E-state index contributed by atoms with van der Waals surface area (Å²) in [7, 11) is 1.61. The lowest BCUT2D eigenvalue weighted by Crippen LogP contribution is -2.15. The molecule has 0 bridgehead atoms. The average molecular weight is 389 g/mol. The molecule has 1 N–H and O–H groups in total. The first-order chi connectivity index (χ1) is 13.1. The molecule has 1 aliphatic carbocycles. The Kier molecular flexibility index (Phi) is 6.47. The van der Waals surface area contributed by atoms with Crippen LogP contribution in [-0.4, -0.2) is 38.8 Å². The van der Waals surface area contributed by atoms with Gasteiger partial charge in [-0.1, -0.05) is 0 Å². The van der Waals surface area contributed by atoms with E-state index in [0.29, 0.717) is 41.7 Å². The molecule has 1 aliphatic rings. The Morgan fingerprint density at radius 1 is 1.15 bits per heavy atom. The maximum atomic E-state index is 12.6. The fourth-order valence-electron chi connectivity index (χ4n) is 3.03. The van der Waals surface area contributed by atoms with E-state index in [1.165, 1.54) is 11.3 Å². The zero-order valence-electron chi connectivity index (χ0n) is 15.5. The number of hydrogen-bond donors (Lipinski definition) is 1. The van der Waals surface area contributed by atoms with E-state index in [2.05, 4.69) is 5.32 Å². The van der Waals surface area contributed by atoms with Gasteiger partial charge in [-0.3, -0.25) is 4.79 Å². The van der Waals surface area contributed by atoms with Gasteiger partial charge in [-0.2, -0.15) is 0 Å². The van der Waals surface area contributed by atoms with E-state index in [9.17, 15) is 9.59 Å². The molecule has 27 heavy (non-hydrogen) atoms. The summed E-state index contributed by atoms with van der Waals surface area (Å²) >= 11 is 1.47. The number of carbonyl (C=O) groups excluding carboxylic acids is 2. The smallest absolute Gasteiger partial charge is 0.341 e. The molecule has 0 spiro atoms. The van der Waals surface area contributed by atoms with Gasteiger partial charge in [-0.15, -0.1) is 11.3 Å². The van der Waals surface area contributed by atoms with E-state index in [1.807, 2.05) is 0 Å². The molecule has 1 aromatic carbocycles. The maximum absolute atomic E-state index is 12.6. The van der Waals surface area contributed by atoms with Crippen LogP contribution in [0.15, 0.2) is 24.3 Å². The Morgan fingerprint density at radius 2 is 1.93 bits per heavy atom. The van der Waals surface area contributed by atoms with E-state index < -0.39 is 0 Å². The minimum Gasteiger partial charge on any atom is -0.491 e. The van der Waals surface area contributed by atoms with Crippen LogP contribution in [-0.2, 0) is 22.3 Å². The molecule has 0 saturated heterocycles. The van der Waals surface area contributed by atoms with E-state index in [1.54, 1.807) is 38.3 Å². The number of esters is 1. The number of amides is 1. The highest BCUT2D eigenvalue weighted by Gasteiger charge is 2.28. The van der Waals surface area contributed by atoms with Crippen LogP contribution in [0.4, 0.5) is 5.00 Å². The summed E-state index contributed by atoms with van der Waals surface area (Å²) in [4.78, 5) is 26.2. The van der Waals surface area contributed by atoms with Crippen LogP contribution in [0.2, 0.25) is 0 Å². The molecule has 3 rings (SSSR count). The molecule has 0 atom stereocenters. The van der Waals surface area contributed by atoms with Gasteiger partial charge in [0.05, 0.1) is 18.8 Å². The zero-order chi connectivity index (χ0) is 19.2. The summed E-state index contributed by atoms with van der Waals surface area (Å²) in [5, 5.41) is 3.46. The molecule has 6 nitrogen and oxygen atoms in total. The Balaban J connectivity index is 1.73. The molecule has 0 unspecified atom stereocenters. The molecule has 0 fully saturated rings. The van der Waals surface area contributed by atoms with Crippen molar-refractivity contribution in [2.24, 2.45) is 0 Å². The van der Waals surface area contributed by atoms with Gasteiger partial charge in [0.2, 0.25) is 0 Å². The van der Waals surface area contributed by atoms with Crippen LogP contribution in [0, 0.1) is 0 Å². The number of ether oxygens (including phenoxy) is 3. The van der Waals surface area contributed by atoms with Crippen LogP contribution in [0.5, 0.6) is 5.75 Å². The first-order valence-corrected chi connectivity index (χ1v) is 9.80. The Labute approximate surface area is 162 Å². The van der Waals surface area contributed by atoms with E-state index in [0.717, 1.165) is 29.7 Å². The third-order valence-corrected chi connectivity index (χ3v) is 5.51. The molecule has 7 heteroatoms. The number of carbonyl (C=O) groups is 2. The van der Waals surface area contributed by atoms with Gasteiger partial charge in [0.15, 0.2) is 0 Å². The van der Waals surface area contributed by atoms with Crippen molar-refractivity contribution < 1.29 is 23.8 Å². The van der Waals surface area contributed by atoms with Crippen molar-refractivity contribution >= 4 is 28.2 Å². The molecule has 0 radical (unpaired) electrons. The molecule has 144 valence electrons. The predicted octanol–water partition coefficient (Wildman–Crippen LogP) is 3.69. The van der Waals surface area contributed by atoms with Crippen molar-refractivity contribution in [3.05, 3.63) is 45.8 Å². The van der Waals surface area contributed by atoms with Crippen molar-refractivity contribution in [3.8, 4) is 5.75 Å². The summed E-state index contributed by atoms with van der Waals surface area (Å²) in [5.74, 6) is 0.0453. The molecule has 1 amide bonds. The van der Waals surface area contributed by atoms with Crippen molar-refractivity contribution in [1.29, 1.82) is 0 Å². The molecule has 0 saturated carbocycles. The number of benzene rings is 1. The first-order valence-electron chi connectivity index (χ1n) is 8.98. The number of nitrogens with one attached hydrogen (secondary N) is 1. The Morgan fingerprint density at radius 3 is 2.63 bits per heavy atom. The highest BCUT2D eigenvalue weighted by Crippen LogP contribution is 2.39. The quantitative estimate of drug-likeness (QED) is 0.551. The summed E-state index contributed by atoms with van der Waals surface area (Å²) in [6.07, 6.45) is 2.82. The highest BCUT2D eigenvalue weighted by molar-refractivity contribution is 7.17. The molecule has 1 aromatic heterocycles. The summed E-state index contributed by atoms with van der Waals surface area (Å²) in [6, 6.07) is 6.88. The third-order valence-electron chi connectivity index (χ3n) is 4.30. The average Bonchev–Trinajstić information content (AvgIpc) is 3.23. The van der Waals surface area contributed by atoms with Gasteiger partial charge >= 0.3 is 5.97 Å². The minimum absolute atomic E-state index is 0.260. The second-order valence-electron chi connectivity index (χ2n) is 6.10.